The second kappa shape index (κ2) is 6.47. The highest BCUT2D eigenvalue weighted by Crippen LogP contribution is 2.26. The standard InChI is InChI=1S/C16H11BrN2O3S/c1-9(20)18-11-4-2-10(3-5-11)15-19-13(16(21)22-15)8-12-6-7-14(17)23-12/h2-8H,1H3,(H,18,20)/b13-8-. The van der Waals surface area contributed by atoms with Crippen molar-refractivity contribution in [3.63, 3.8) is 0 Å². The molecule has 0 bridgehead atoms. The first-order chi connectivity index (χ1) is 11.0. The SMILES string of the molecule is CC(=O)Nc1ccc(C2=N/C(=C\c3ccc(Br)s3)C(=O)O2)cc1. The summed E-state index contributed by atoms with van der Waals surface area (Å²) in [5.74, 6) is -0.364. The third-order valence-electron chi connectivity index (χ3n) is 2.95. The molecule has 116 valence electrons. The van der Waals surface area contributed by atoms with Crippen molar-refractivity contribution in [1.82, 2.24) is 0 Å². The summed E-state index contributed by atoms with van der Waals surface area (Å²) in [4.78, 5) is 28.1. The lowest BCUT2D eigenvalue weighted by molar-refractivity contribution is -0.129. The van der Waals surface area contributed by atoms with Gasteiger partial charge < -0.3 is 10.1 Å². The summed E-state index contributed by atoms with van der Waals surface area (Å²) in [7, 11) is 0. The molecule has 0 fully saturated rings. The van der Waals surface area contributed by atoms with Crippen molar-refractivity contribution in [3.8, 4) is 0 Å². The van der Waals surface area contributed by atoms with Gasteiger partial charge >= 0.3 is 5.97 Å². The Morgan fingerprint density at radius 1 is 1.26 bits per heavy atom. The zero-order valence-corrected chi connectivity index (χ0v) is 14.4. The zero-order valence-electron chi connectivity index (χ0n) is 12.0. The van der Waals surface area contributed by atoms with E-state index in [1.54, 1.807) is 30.3 Å². The molecule has 0 saturated carbocycles. The highest BCUT2D eigenvalue weighted by Gasteiger charge is 2.24. The fraction of sp³-hybridized carbons (Fsp3) is 0.0625. The topological polar surface area (TPSA) is 67.8 Å². The van der Waals surface area contributed by atoms with Gasteiger partial charge in [0.1, 0.15) is 0 Å². The molecule has 1 aromatic carbocycles. The number of halogens is 1. The van der Waals surface area contributed by atoms with Crippen molar-refractivity contribution in [2.75, 3.05) is 5.32 Å². The molecule has 23 heavy (non-hydrogen) atoms. The summed E-state index contributed by atoms with van der Waals surface area (Å²) in [5, 5.41) is 2.67. The quantitative estimate of drug-likeness (QED) is 0.639. The fourth-order valence-corrected chi connectivity index (χ4v) is 3.33. The summed E-state index contributed by atoms with van der Waals surface area (Å²) < 4.78 is 6.19. The maximum absolute atomic E-state index is 11.9. The van der Waals surface area contributed by atoms with Crippen LogP contribution in [0, 0.1) is 0 Å². The van der Waals surface area contributed by atoms with Gasteiger partial charge in [0.05, 0.1) is 3.79 Å². The van der Waals surface area contributed by atoms with Crippen LogP contribution in [0.3, 0.4) is 0 Å². The van der Waals surface area contributed by atoms with Crippen LogP contribution in [-0.2, 0) is 14.3 Å². The molecule has 3 rings (SSSR count). The van der Waals surface area contributed by atoms with Crippen LogP contribution < -0.4 is 5.32 Å². The third-order valence-corrected chi connectivity index (χ3v) is 4.52. The Labute approximate surface area is 144 Å². The van der Waals surface area contributed by atoms with E-state index in [0.29, 0.717) is 11.3 Å². The van der Waals surface area contributed by atoms with Gasteiger partial charge in [-0.3, -0.25) is 4.79 Å². The van der Waals surface area contributed by atoms with Crippen LogP contribution in [0.4, 0.5) is 5.69 Å². The van der Waals surface area contributed by atoms with Gasteiger partial charge in [-0.25, -0.2) is 9.79 Å². The summed E-state index contributed by atoms with van der Waals surface area (Å²) >= 11 is 4.88. The second-order valence-corrected chi connectivity index (χ2v) is 7.23. The maximum Gasteiger partial charge on any atom is 0.363 e. The number of ether oxygens (including phenoxy) is 1. The first-order valence-electron chi connectivity index (χ1n) is 6.67. The van der Waals surface area contributed by atoms with E-state index in [2.05, 4.69) is 26.2 Å². The highest BCUT2D eigenvalue weighted by atomic mass is 79.9. The molecule has 2 aromatic rings. The monoisotopic (exact) mass is 390 g/mol. The third kappa shape index (κ3) is 3.75. The number of carbonyl (C=O) groups is 2. The molecule has 1 aromatic heterocycles. The number of cyclic esters (lactones) is 1. The van der Waals surface area contributed by atoms with Crippen LogP contribution in [0.15, 0.2) is 50.9 Å². The van der Waals surface area contributed by atoms with Crippen LogP contribution in [0.2, 0.25) is 0 Å². The first kappa shape index (κ1) is 15.6. The Bertz CT molecular complexity index is 837. The molecule has 5 nitrogen and oxygen atoms in total. The highest BCUT2D eigenvalue weighted by molar-refractivity contribution is 9.11. The molecule has 1 aliphatic heterocycles. The fourth-order valence-electron chi connectivity index (χ4n) is 1.97. The Kier molecular flexibility index (Phi) is 4.40. The van der Waals surface area contributed by atoms with Gasteiger partial charge in [0.2, 0.25) is 11.8 Å². The molecule has 0 saturated heterocycles. The van der Waals surface area contributed by atoms with E-state index >= 15 is 0 Å². The van der Waals surface area contributed by atoms with E-state index in [1.165, 1.54) is 18.3 Å². The predicted octanol–water partition coefficient (Wildman–Crippen LogP) is 3.81. The van der Waals surface area contributed by atoms with Gasteiger partial charge in [-0.2, -0.15) is 0 Å². The number of hydrogen-bond acceptors (Lipinski definition) is 5. The maximum atomic E-state index is 11.9. The Hall–Kier alpha value is -2.25. The van der Waals surface area contributed by atoms with Gasteiger partial charge in [0, 0.05) is 23.1 Å². The van der Waals surface area contributed by atoms with Crippen LogP contribution in [-0.4, -0.2) is 17.8 Å². The lowest BCUT2D eigenvalue weighted by atomic mass is 10.2. The number of nitrogens with one attached hydrogen (secondary N) is 1. The molecule has 2 heterocycles. The Morgan fingerprint density at radius 2 is 2.00 bits per heavy atom. The largest absolute Gasteiger partial charge is 0.402 e. The zero-order chi connectivity index (χ0) is 16.4. The first-order valence-corrected chi connectivity index (χ1v) is 8.28. The summed E-state index contributed by atoms with van der Waals surface area (Å²) in [6, 6.07) is 10.7. The second-order valence-electron chi connectivity index (χ2n) is 4.74. The van der Waals surface area contributed by atoms with E-state index in [4.69, 9.17) is 4.74 Å². The molecular weight excluding hydrogens is 380 g/mol. The molecule has 0 radical (unpaired) electrons. The van der Waals surface area contributed by atoms with E-state index < -0.39 is 5.97 Å². The molecular formula is C16H11BrN2O3S. The summed E-state index contributed by atoms with van der Waals surface area (Å²) in [6.45, 7) is 1.44. The van der Waals surface area contributed by atoms with Crippen LogP contribution in [0.25, 0.3) is 6.08 Å². The van der Waals surface area contributed by atoms with Crippen molar-refractivity contribution in [3.05, 3.63) is 56.3 Å². The number of hydrogen-bond donors (Lipinski definition) is 1. The minimum atomic E-state index is -0.476. The molecule has 1 aliphatic rings. The number of nitrogens with zero attached hydrogens (tertiary/aromatic N) is 1. The summed E-state index contributed by atoms with van der Waals surface area (Å²) in [6.07, 6.45) is 1.69. The lowest BCUT2D eigenvalue weighted by Gasteiger charge is -2.03. The minimum absolute atomic E-state index is 0.144. The van der Waals surface area contributed by atoms with Crippen molar-refractivity contribution < 1.29 is 14.3 Å². The number of carbonyl (C=O) groups excluding carboxylic acids is 2. The van der Waals surface area contributed by atoms with Crippen LogP contribution in [0.1, 0.15) is 17.4 Å². The average molecular weight is 391 g/mol. The van der Waals surface area contributed by atoms with Crippen LogP contribution in [0.5, 0.6) is 0 Å². The average Bonchev–Trinajstić information content (AvgIpc) is 3.06. The molecule has 0 atom stereocenters. The predicted molar refractivity (Wildman–Crippen MR) is 93.4 cm³/mol. The Morgan fingerprint density at radius 3 is 2.61 bits per heavy atom. The summed E-state index contributed by atoms with van der Waals surface area (Å²) in [5.41, 5.74) is 1.61. The molecule has 1 amide bonds. The van der Waals surface area contributed by atoms with E-state index in [9.17, 15) is 9.59 Å². The van der Waals surface area contributed by atoms with Gasteiger partial charge in [-0.15, -0.1) is 11.3 Å². The van der Waals surface area contributed by atoms with Gasteiger partial charge in [-0.05, 0) is 58.4 Å². The number of rotatable bonds is 3. The van der Waals surface area contributed by atoms with Crippen molar-refractivity contribution in [2.24, 2.45) is 4.99 Å². The number of benzene rings is 1. The van der Waals surface area contributed by atoms with E-state index in [1.807, 2.05) is 12.1 Å². The van der Waals surface area contributed by atoms with Gasteiger partial charge in [0.15, 0.2) is 5.70 Å². The molecule has 0 spiro atoms. The number of esters is 1. The van der Waals surface area contributed by atoms with Crippen LogP contribution >= 0.6 is 27.3 Å². The molecule has 7 heteroatoms. The van der Waals surface area contributed by atoms with Gasteiger partial charge in [0.25, 0.3) is 0 Å². The molecule has 1 N–H and O–H groups in total. The number of aliphatic imine (C=N–C) groups is 1. The minimum Gasteiger partial charge on any atom is -0.402 e. The number of anilines is 1. The van der Waals surface area contributed by atoms with E-state index in [-0.39, 0.29) is 17.5 Å². The van der Waals surface area contributed by atoms with E-state index in [0.717, 1.165) is 8.66 Å². The number of thiophene rings is 1. The Balaban J connectivity index is 1.83. The normalized spacial score (nSPS) is 15.5. The number of amides is 1. The smallest absolute Gasteiger partial charge is 0.363 e. The van der Waals surface area contributed by atoms with Crippen molar-refractivity contribution in [2.45, 2.75) is 6.92 Å². The van der Waals surface area contributed by atoms with Crippen molar-refractivity contribution in [1.29, 1.82) is 0 Å². The van der Waals surface area contributed by atoms with Crippen molar-refractivity contribution >= 4 is 56.8 Å². The molecule has 0 unspecified atom stereocenters. The van der Waals surface area contributed by atoms with Gasteiger partial charge in [-0.1, -0.05) is 0 Å². The molecule has 0 aliphatic carbocycles. The lowest BCUT2D eigenvalue weighted by Crippen LogP contribution is -2.07.